The summed E-state index contributed by atoms with van der Waals surface area (Å²) in [5.74, 6) is 0. The maximum atomic E-state index is 12.3. The van der Waals surface area contributed by atoms with Gasteiger partial charge in [-0.2, -0.15) is 13.2 Å². The summed E-state index contributed by atoms with van der Waals surface area (Å²) in [6, 6.07) is 6.47. The minimum Gasteiger partial charge on any atom is -0.382 e. The highest BCUT2D eigenvalue weighted by Gasteiger charge is 2.39. The topological polar surface area (TPSA) is 55.8 Å². The smallest absolute Gasteiger partial charge is 0.382 e. The molecule has 5 nitrogen and oxygen atoms in total. The summed E-state index contributed by atoms with van der Waals surface area (Å²) in [5, 5.41) is 11.5. The highest BCUT2D eigenvalue weighted by Crippen LogP contribution is 2.24. The number of alkyl halides is 3. The van der Waals surface area contributed by atoms with Crippen LogP contribution in [0.5, 0.6) is 0 Å². The zero-order valence-electron chi connectivity index (χ0n) is 12.8. The molecule has 128 valence electrons. The number of urea groups is 1. The molecule has 1 fully saturated rings. The minimum absolute atomic E-state index is 0.507. The lowest BCUT2D eigenvalue weighted by molar-refractivity contribution is -0.205. The van der Waals surface area contributed by atoms with Crippen LogP contribution in [0.4, 0.5) is 29.3 Å². The molecule has 2 N–H and O–H groups in total. The van der Waals surface area contributed by atoms with Crippen LogP contribution in [0.2, 0.25) is 0 Å². The number of nitrogens with zero attached hydrogens (tertiary/aromatic N) is 2. The van der Waals surface area contributed by atoms with Crippen molar-refractivity contribution in [3.05, 3.63) is 24.3 Å². The lowest BCUT2D eigenvalue weighted by Gasteiger charge is -2.23. The maximum Gasteiger partial charge on any atom is 0.416 e. The normalized spacial score (nSPS) is 16.3. The van der Waals surface area contributed by atoms with Crippen LogP contribution in [0, 0.1) is 0 Å². The van der Waals surface area contributed by atoms with Gasteiger partial charge in [0.1, 0.15) is 0 Å². The summed E-state index contributed by atoms with van der Waals surface area (Å²) in [4.78, 5) is 14.9. The lowest BCUT2D eigenvalue weighted by Crippen LogP contribution is -2.43. The molecular formula is C15H20F3N3O2. The number of anilines is 2. The largest absolute Gasteiger partial charge is 0.416 e. The van der Waals surface area contributed by atoms with E-state index >= 15 is 0 Å². The van der Waals surface area contributed by atoms with Gasteiger partial charge in [0, 0.05) is 31.5 Å². The first kappa shape index (κ1) is 17.4. The summed E-state index contributed by atoms with van der Waals surface area (Å²) < 4.78 is 36.9. The van der Waals surface area contributed by atoms with E-state index in [2.05, 4.69) is 10.2 Å². The van der Waals surface area contributed by atoms with Gasteiger partial charge in [0.2, 0.25) is 0 Å². The van der Waals surface area contributed by atoms with Crippen LogP contribution < -0.4 is 10.2 Å². The van der Waals surface area contributed by atoms with Crippen molar-refractivity contribution in [1.82, 2.24) is 4.90 Å². The van der Waals surface area contributed by atoms with Crippen molar-refractivity contribution in [2.75, 3.05) is 36.9 Å². The molecule has 1 aliphatic heterocycles. The molecule has 0 saturated carbocycles. The third-order valence-corrected chi connectivity index (χ3v) is 3.74. The Bertz CT molecular complexity index is 545. The van der Waals surface area contributed by atoms with Gasteiger partial charge in [0.15, 0.2) is 6.10 Å². The van der Waals surface area contributed by atoms with E-state index in [-0.39, 0.29) is 0 Å². The molecule has 23 heavy (non-hydrogen) atoms. The van der Waals surface area contributed by atoms with Gasteiger partial charge >= 0.3 is 12.2 Å². The van der Waals surface area contributed by atoms with Crippen molar-refractivity contribution in [3.63, 3.8) is 0 Å². The molecule has 1 aliphatic rings. The van der Waals surface area contributed by atoms with Gasteiger partial charge in [-0.1, -0.05) is 6.07 Å². The number of likely N-dealkylation sites (N-methyl/N-ethyl adjacent to an activating group) is 1. The van der Waals surface area contributed by atoms with Gasteiger partial charge in [0.25, 0.3) is 0 Å². The van der Waals surface area contributed by atoms with Crippen LogP contribution in [0.25, 0.3) is 0 Å². The van der Waals surface area contributed by atoms with E-state index in [0.717, 1.165) is 36.5 Å². The molecule has 0 unspecified atom stereocenters. The third kappa shape index (κ3) is 4.75. The number of amides is 2. The maximum absolute atomic E-state index is 12.3. The molecule has 0 aliphatic carbocycles. The highest BCUT2D eigenvalue weighted by molar-refractivity contribution is 5.89. The number of carbonyl (C=O) groups is 1. The van der Waals surface area contributed by atoms with Crippen LogP contribution in [0.15, 0.2) is 24.3 Å². The van der Waals surface area contributed by atoms with E-state index in [4.69, 9.17) is 5.11 Å². The molecule has 2 rings (SSSR count). The van der Waals surface area contributed by atoms with Crippen LogP contribution in [-0.2, 0) is 0 Å². The van der Waals surface area contributed by atoms with E-state index < -0.39 is 24.9 Å². The van der Waals surface area contributed by atoms with Crippen LogP contribution in [0.1, 0.15) is 12.8 Å². The van der Waals surface area contributed by atoms with Crippen LogP contribution in [-0.4, -0.2) is 55.0 Å². The van der Waals surface area contributed by atoms with Crippen molar-refractivity contribution in [2.45, 2.75) is 25.1 Å². The second-order valence-electron chi connectivity index (χ2n) is 5.61. The summed E-state index contributed by atoms with van der Waals surface area (Å²) in [6.07, 6.45) is -5.07. The van der Waals surface area contributed by atoms with Gasteiger partial charge in [0.05, 0.1) is 6.54 Å². The van der Waals surface area contributed by atoms with Gasteiger partial charge in [-0.25, -0.2) is 4.79 Å². The Balaban J connectivity index is 1.95. The molecule has 8 heteroatoms. The lowest BCUT2D eigenvalue weighted by atomic mass is 10.2. The molecule has 1 saturated heterocycles. The van der Waals surface area contributed by atoms with E-state index in [0.29, 0.717) is 5.69 Å². The average molecular weight is 331 g/mol. The van der Waals surface area contributed by atoms with Crippen molar-refractivity contribution < 1.29 is 23.1 Å². The second kappa shape index (κ2) is 7.08. The van der Waals surface area contributed by atoms with Crippen LogP contribution >= 0.6 is 0 Å². The summed E-state index contributed by atoms with van der Waals surface area (Å²) in [6.45, 7) is 1.09. The van der Waals surface area contributed by atoms with Crippen molar-refractivity contribution in [1.29, 1.82) is 0 Å². The summed E-state index contributed by atoms with van der Waals surface area (Å²) in [7, 11) is 1.20. The number of hydrogen-bond donors (Lipinski definition) is 2. The number of aliphatic hydroxyl groups is 1. The van der Waals surface area contributed by atoms with Gasteiger partial charge < -0.3 is 20.2 Å². The molecule has 0 spiro atoms. The molecule has 1 heterocycles. The van der Waals surface area contributed by atoms with Crippen molar-refractivity contribution in [2.24, 2.45) is 0 Å². The molecule has 1 aromatic rings. The molecular weight excluding hydrogens is 311 g/mol. The molecule has 2 amide bonds. The standard InChI is InChI=1S/C15H20F3N3O2/c1-20(10-13(22)15(16,17)18)14(23)19-11-5-4-6-12(9-11)21-7-2-3-8-21/h4-6,9,13,22H,2-3,7-8,10H2,1H3,(H,19,23)/t13-/m0/s1. The Labute approximate surface area is 132 Å². The van der Waals surface area contributed by atoms with E-state index in [1.165, 1.54) is 7.05 Å². The van der Waals surface area contributed by atoms with Crippen molar-refractivity contribution in [3.8, 4) is 0 Å². The molecule has 0 bridgehead atoms. The van der Waals surface area contributed by atoms with Gasteiger partial charge in [-0.05, 0) is 31.0 Å². The summed E-state index contributed by atoms with van der Waals surface area (Å²) >= 11 is 0. The first-order valence-corrected chi connectivity index (χ1v) is 7.39. The minimum atomic E-state index is -4.75. The Hall–Kier alpha value is -1.96. The third-order valence-electron chi connectivity index (χ3n) is 3.74. The first-order chi connectivity index (χ1) is 10.8. The van der Waals surface area contributed by atoms with E-state index in [1.54, 1.807) is 18.2 Å². The number of rotatable bonds is 4. The average Bonchev–Trinajstić information content (AvgIpc) is 3.00. The number of nitrogens with one attached hydrogen (secondary N) is 1. The fraction of sp³-hybridized carbons (Fsp3) is 0.533. The molecule has 1 atom stereocenters. The molecule has 0 radical (unpaired) electrons. The second-order valence-corrected chi connectivity index (χ2v) is 5.61. The van der Waals surface area contributed by atoms with E-state index in [9.17, 15) is 18.0 Å². The summed E-state index contributed by atoms with van der Waals surface area (Å²) in [5.41, 5.74) is 1.48. The Morgan fingerprint density at radius 1 is 1.39 bits per heavy atom. The van der Waals surface area contributed by atoms with E-state index in [1.807, 2.05) is 6.07 Å². The number of benzene rings is 1. The fourth-order valence-corrected chi connectivity index (χ4v) is 2.42. The Morgan fingerprint density at radius 3 is 2.65 bits per heavy atom. The fourth-order valence-electron chi connectivity index (χ4n) is 2.42. The number of carbonyl (C=O) groups excluding carboxylic acids is 1. The monoisotopic (exact) mass is 331 g/mol. The number of hydrogen-bond acceptors (Lipinski definition) is 3. The zero-order chi connectivity index (χ0) is 17.0. The molecule has 0 aromatic heterocycles. The van der Waals surface area contributed by atoms with Gasteiger partial charge in [-0.3, -0.25) is 0 Å². The number of aliphatic hydroxyl groups excluding tert-OH is 1. The SMILES string of the molecule is CN(C[C@H](O)C(F)(F)F)C(=O)Nc1cccc(N2CCCC2)c1. The Kier molecular flexibility index (Phi) is 5.35. The Morgan fingerprint density at radius 2 is 2.04 bits per heavy atom. The first-order valence-electron chi connectivity index (χ1n) is 7.39. The molecule has 1 aromatic carbocycles. The number of halogens is 3. The van der Waals surface area contributed by atoms with Crippen LogP contribution in [0.3, 0.4) is 0 Å². The van der Waals surface area contributed by atoms with Crippen molar-refractivity contribution >= 4 is 17.4 Å². The van der Waals surface area contributed by atoms with Gasteiger partial charge in [-0.15, -0.1) is 0 Å². The predicted molar refractivity (Wildman–Crippen MR) is 81.6 cm³/mol. The quantitative estimate of drug-likeness (QED) is 0.892. The highest BCUT2D eigenvalue weighted by atomic mass is 19.4. The zero-order valence-corrected chi connectivity index (χ0v) is 12.8. The predicted octanol–water partition coefficient (Wildman–Crippen LogP) is 2.67.